The van der Waals surface area contributed by atoms with Crippen molar-refractivity contribution in [1.29, 1.82) is 0 Å². The van der Waals surface area contributed by atoms with E-state index in [-0.39, 0.29) is 24.5 Å². The third-order valence-electron chi connectivity index (χ3n) is 3.20. The van der Waals surface area contributed by atoms with Gasteiger partial charge in [0.2, 0.25) is 5.91 Å². The smallest absolute Gasteiger partial charge is 0.224 e. The van der Waals surface area contributed by atoms with Gasteiger partial charge in [-0.1, -0.05) is 37.6 Å². The summed E-state index contributed by atoms with van der Waals surface area (Å²) in [5.41, 5.74) is 3.33. The van der Waals surface area contributed by atoms with Crippen molar-refractivity contribution < 1.29 is 9.90 Å². The number of carbonyl (C=O) groups excluding carboxylic acids is 1. The Kier molecular flexibility index (Phi) is 5.35. The maximum Gasteiger partial charge on any atom is 0.224 e. The first kappa shape index (κ1) is 14.7. The van der Waals surface area contributed by atoms with E-state index >= 15 is 0 Å². The van der Waals surface area contributed by atoms with Gasteiger partial charge in [0, 0.05) is 0 Å². The Hall–Kier alpha value is -1.35. The average Bonchev–Trinajstić information content (AvgIpc) is 2.30. The summed E-state index contributed by atoms with van der Waals surface area (Å²) in [4.78, 5) is 11.9. The van der Waals surface area contributed by atoms with Crippen molar-refractivity contribution in [1.82, 2.24) is 5.32 Å². The molecule has 0 aliphatic heterocycles. The maximum absolute atomic E-state index is 11.9. The Morgan fingerprint density at radius 3 is 2.56 bits per heavy atom. The summed E-state index contributed by atoms with van der Waals surface area (Å²) in [5.74, 6) is 0.203. The maximum atomic E-state index is 11.9. The Labute approximate surface area is 109 Å². The van der Waals surface area contributed by atoms with E-state index in [4.69, 9.17) is 0 Å². The molecule has 0 saturated heterocycles. The highest BCUT2D eigenvalue weighted by Gasteiger charge is 2.15. The monoisotopic (exact) mass is 249 g/mol. The predicted molar refractivity (Wildman–Crippen MR) is 73.5 cm³/mol. The molecule has 0 saturated carbocycles. The van der Waals surface area contributed by atoms with Crippen molar-refractivity contribution in [3.63, 3.8) is 0 Å². The van der Waals surface area contributed by atoms with Crippen LogP contribution >= 0.6 is 0 Å². The van der Waals surface area contributed by atoms with E-state index in [9.17, 15) is 9.90 Å². The summed E-state index contributed by atoms with van der Waals surface area (Å²) in [6.07, 6.45) is 0.372. The van der Waals surface area contributed by atoms with Gasteiger partial charge in [0.15, 0.2) is 0 Å². The summed E-state index contributed by atoms with van der Waals surface area (Å²) >= 11 is 0. The van der Waals surface area contributed by atoms with Gasteiger partial charge < -0.3 is 10.4 Å². The minimum absolute atomic E-state index is 0.0177. The summed E-state index contributed by atoms with van der Waals surface area (Å²) in [7, 11) is 0. The fraction of sp³-hybridized carbons (Fsp3) is 0.533. The number of aryl methyl sites for hydroxylation is 2. The zero-order valence-corrected chi connectivity index (χ0v) is 11.7. The van der Waals surface area contributed by atoms with E-state index in [2.05, 4.69) is 5.32 Å². The lowest BCUT2D eigenvalue weighted by molar-refractivity contribution is -0.121. The van der Waals surface area contributed by atoms with Gasteiger partial charge in [-0.3, -0.25) is 4.79 Å². The van der Waals surface area contributed by atoms with E-state index in [0.29, 0.717) is 6.42 Å². The van der Waals surface area contributed by atoms with Crippen molar-refractivity contribution in [2.45, 2.75) is 40.2 Å². The molecule has 0 spiro atoms. The number of benzene rings is 1. The highest BCUT2D eigenvalue weighted by Crippen LogP contribution is 2.11. The largest absolute Gasteiger partial charge is 0.394 e. The van der Waals surface area contributed by atoms with E-state index < -0.39 is 0 Å². The SMILES string of the molecule is Cc1ccc(C)c(CC(=O)N[C@H](CO)C(C)C)c1. The van der Waals surface area contributed by atoms with Gasteiger partial charge in [0.25, 0.3) is 0 Å². The molecule has 0 aromatic heterocycles. The molecule has 2 N–H and O–H groups in total. The molecule has 1 aromatic carbocycles. The fourth-order valence-electron chi connectivity index (χ4n) is 1.84. The molecule has 100 valence electrons. The number of hydrogen-bond donors (Lipinski definition) is 2. The molecule has 1 atom stereocenters. The molecule has 18 heavy (non-hydrogen) atoms. The van der Waals surface area contributed by atoms with Crippen LogP contribution in [0.3, 0.4) is 0 Å². The van der Waals surface area contributed by atoms with Crippen molar-refractivity contribution in [3.8, 4) is 0 Å². The summed E-state index contributed by atoms with van der Waals surface area (Å²) in [6.45, 7) is 7.98. The van der Waals surface area contributed by atoms with Crippen LogP contribution in [0.25, 0.3) is 0 Å². The van der Waals surface area contributed by atoms with Crippen molar-refractivity contribution in [3.05, 3.63) is 34.9 Å². The van der Waals surface area contributed by atoms with E-state index in [1.807, 2.05) is 45.9 Å². The van der Waals surface area contributed by atoms with Crippen LogP contribution in [0.5, 0.6) is 0 Å². The molecule has 3 nitrogen and oxygen atoms in total. The highest BCUT2D eigenvalue weighted by molar-refractivity contribution is 5.79. The second-order valence-corrected chi connectivity index (χ2v) is 5.21. The lowest BCUT2D eigenvalue weighted by Crippen LogP contribution is -2.41. The fourth-order valence-corrected chi connectivity index (χ4v) is 1.84. The molecule has 1 aromatic rings. The average molecular weight is 249 g/mol. The van der Waals surface area contributed by atoms with Gasteiger partial charge in [-0.25, -0.2) is 0 Å². The molecule has 0 aliphatic carbocycles. The van der Waals surface area contributed by atoms with Crippen molar-refractivity contribution in [2.24, 2.45) is 5.92 Å². The van der Waals surface area contributed by atoms with E-state index in [1.165, 1.54) is 0 Å². The van der Waals surface area contributed by atoms with Gasteiger partial charge in [0.1, 0.15) is 0 Å². The van der Waals surface area contributed by atoms with Crippen molar-refractivity contribution >= 4 is 5.91 Å². The quantitative estimate of drug-likeness (QED) is 0.838. The Morgan fingerprint density at radius 1 is 1.33 bits per heavy atom. The van der Waals surface area contributed by atoms with Crippen LogP contribution in [0.2, 0.25) is 0 Å². The summed E-state index contributed by atoms with van der Waals surface area (Å²) in [5, 5.41) is 12.1. The number of hydrogen-bond acceptors (Lipinski definition) is 2. The molecule has 1 amide bonds. The first-order valence-corrected chi connectivity index (χ1v) is 6.40. The second-order valence-electron chi connectivity index (χ2n) is 5.21. The van der Waals surface area contributed by atoms with Crippen LogP contribution in [0, 0.1) is 19.8 Å². The van der Waals surface area contributed by atoms with Crippen LogP contribution in [0.1, 0.15) is 30.5 Å². The molecule has 0 radical (unpaired) electrons. The van der Waals surface area contributed by atoms with E-state index in [0.717, 1.165) is 16.7 Å². The van der Waals surface area contributed by atoms with E-state index in [1.54, 1.807) is 0 Å². The normalized spacial score (nSPS) is 12.6. The Balaban J connectivity index is 2.67. The minimum Gasteiger partial charge on any atom is -0.394 e. The molecule has 0 fully saturated rings. The van der Waals surface area contributed by atoms with Gasteiger partial charge in [-0.2, -0.15) is 0 Å². The summed E-state index contributed by atoms with van der Waals surface area (Å²) in [6, 6.07) is 5.95. The molecule has 0 unspecified atom stereocenters. The van der Waals surface area contributed by atoms with Gasteiger partial charge in [0.05, 0.1) is 19.1 Å². The molecule has 0 aliphatic rings. The number of carbonyl (C=O) groups is 1. The van der Waals surface area contributed by atoms with Gasteiger partial charge in [-0.15, -0.1) is 0 Å². The topological polar surface area (TPSA) is 49.3 Å². The molecule has 0 bridgehead atoms. The van der Waals surface area contributed by atoms with Crippen LogP contribution in [0.4, 0.5) is 0 Å². The first-order valence-electron chi connectivity index (χ1n) is 6.40. The minimum atomic E-state index is -0.164. The number of amides is 1. The third kappa shape index (κ3) is 4.15. The van der Waals surface area contributed by atoms with Crippen LogP contribution in [0.15, 0.2) is 18.2 Å². The van der Waals surface area contributed by atoms with Crippen molar-refractivity contribution in [2.75, 3.05) is 6.61 Å². The lowest BCUT2D eigenvalue weighted by Gasteiger charge is -2.20. The number of rotatable bonds is 5. The molecule has 3 heteroatoms. The second kappa shape index (κ2) is 6.55. The molecular formula is C15H23NO2. The standard InChI is InChI=1S/C15H23NO2/c1-10(2)14(9-17)16-15(18)8-13-7-11(3)5-6-12(13)4/h5-7,10,14,17H,8-9H2,1-4H3,(H,16,18)/t14-/m1/s1. The zero-order chi connectivity index (χ0) is 13.7. The van der Waals surface area contributed by atoms with Crippen LogP contribution in [-0.4, -0.2) is 23.7 Å². The van der Waals surface area contributed by atoms with Crippen LogP contribution in [-0.2, 0) is 11.2 Å². The Morgan fingerprint density at radius 2 is 2.00 bits per heavy atom. The lowest BCUT2D eigenvalue weighted by atomic mass is 10.0. The highest BCUT2D eigenvalue weighted by atomic mass is 16.3. The first-order chi connectivity index (χ1) is 8.43. The molecular weight excluding hydrogens is 226 g/mol. The van der Waals surface area contributed by atoms with Crippen LogP contribution < -0.4 is 5.32 Å². The Bertz CT molecular complexity index is 413. The molecule has 1 rings (SSSR count). The number of nitrogens with one attached hydrogen (secondary N) is 1. The number of aliphatic hydroxyl groups is 1. The van der Waals surface area contributed by atoms with Gasteiger partial charge >= 0.3 is 0 Å². The zero-order valence-electron chi connectivity index (χ0n) is 11.7. The third-order valence-corrected chi connectivity index (χ3v) is 3.20. The predicted octanol–water partition coefficient (Wildman–Crippen LogP) is 1.98. The summed E-state index contributed by atoms with van der Waals surface area (Å²) < 4.78 is 0. The van der Waals surface area contributed by atoms with Gasteiger partial charge in [-0.05, 0) is 30.9 Å². The number of aliphatic hydroxyl groups excluding tert-OH is 1. The molecule has 0 heterocycles.